The molecule has 17 heavy (non-hydrogen) atoms. The second kappa shape index (κ2) is 5.37. The normalized spacial score (nSPS) is 12.7. The Balaban J connectivity index is 2.41. The molecule has 2 aromatic rings. The number of hydrogen-bond acceptors (Lipinski definition) is 0. The molecule has 0 fully saturated rings. The van der Waals surface area contributed by atoms with Crippen LogP contribution in [0, 0.1) is 0 Å². The van der Waals surface area contributed by atoms with Gasteiger partial charge in [-0.2, -0.15) is 0 Å². The predicted molar refractivity (Wildman–Crippen MR) is 74.7 cm³/mol. The van der Waals surface area contributed by atoms with E-state index in [4.69, 9.17) is 11.6 Å². The van der Waals surface area contributed by atoms with Crippen LogP contribution in [0.2, 0.25) is 0 Å². The van der Waals surface area contributed by atoms with E-state index in [1.54, 1.807) is 0 Å². The third-order valence-electron chi connectivity index (χ3n) is 2.98. The summed E-state index contributed by atoms with van der Waals surface area (Å²) in [6.07, 6.45) is 0. The molecule has 0 amide bonds. The van der Waals surface area contributed by atoms with Gasteiger partial charge in [0.2, 0.25) is 0 Å². The quantitative estimate of drug-likeness (QED) is 0.656. The fourth-order valence-electron chi connectivity index (χ4n) is 2.07. The highest BCUT2D eigenvalue weighted by atomic mass is 35.5. The minimum absolute atomic E-state index is 0.0604. The van der Waals surface area contributed by atoms with Gasteiger partial charge < -0.3 is 0 Å². The number of alkyl halides is 1. The molecule has 88 valence electrons. The van der Waals surface area contributed by atoms with Gasteiger partial charge in [-0.05, 0) is 22.6 Å². The van der Waals surface area contributed by atoms with Gasteiger partial charge in [0, 0.05) is 0 Å². The van der Waals surface area contributed by atoms with Crippen LogP contribution in [0.15, 0.2) is 54.6 Å². The molecular formula is C16H17Cl. The SMILES string of the molecule is CC(C)c1ccccc1[C@@H](Cl)c1ccccc1. The smallest absolute Gasteiger partial charge is 0.0838 e. The van der Waals surface area contributed by atoms with Crippen LogP contribution < -0.4 is 0 Å². The van der Waals surface area contributed by atoms with E-state index in [9.17, 15) is 0 Å². The van der Waals surface area contributed by atoms with Crippen molar-refractivity contribution in [3.8, 4) is 0 Å². The van der Waals surface area contributed by atoms with Crippen molar-refractivity contribution >= 4 is 11.6 Å². The van der Waals surface area contributed by atoms with Gasteiger partial charge in [-0.1, -0.05) is 68.4 Å². The third kappa shape index (κ3) is 2.70. The van der Waals surface area contributed by atoms with Crippen molar-refractivity contribution in [2.45, 2.75) is 25.1 Å². The molecule has 0 radical (unpaired) electrons. The van der Waals surface area contributed by atoms with Crippen molar-refractivity contribution < 1.29 is 0 Å². The van der Waals surface area contributed by atoms with Gasteiger partial charge in [0.15, 0.2) is 0 Å². The second-order valence-corrected chi connectivity index (χ2v) is 4.99. The summed E-state index contributed by atoms with van der Waals surface area (Å²) in [6, 6.07) is 18.7. The minimum atomic E-state index is -0.0604. The molecule has 0 unspecified atom stereocenters. The van der Waals surface area contributed by atoms with Gasteiger partial charge in [-0.15, -0.1) is 11.6 Å². The average Bonchev–Trinajstić information content (AvgIpc) is 2.39. The number of hydrogen-bond donors (Lipinski definition) is 0. The number of benzene rings is 2. The van der Waals surface area contributed by atoms with Gasteiger partial charge in [0.05, 0.1) is 5.38 Å². The van der Waals surface area contributed by atoms with Crippen molar-refractivity contribution in [3.05, 3.63) is 71.3 Å². The van der Waals surface area contributed by atoms with Crippen molar-refractivity contribution in [1.29, 1.82) is 0 Å². The van der Waals surface area contributed by atoms with E-state index in [1.807, 2.05) is 18.2 Å². The molecule has 0 saturated carbocycles. The lowest BCUT2D eigenvalue weighted by Crippen LogP contribution is -2.00. The van der Waals surface area contributed by atoms with E-state index >= 15 is 0 Å². The fourth-order valence-corrected chi connectivity index (χ4v) is 2.41. The molecule has 0 bridgehead atoms. The van der Waals surface area contributed by atoms with E-state index in [-0.39, 0.29) is 5.38 Å². The highest BCUT2D eigenvalue weighted by molar-refractivity contribution is 6.22. The Morgan fingerprint density at radius 3 is 1.88 bits per heavy atom. The number of halogens is 1. The first-order valence-corrected chi connectivity index (χ1v) is 6.41. The van der Waals surface area contributed by atoms with Gasteiger partial charge in [-0.25, -0.2) is 0 Å². The second-order valence-electron chi connectivity index (χ2n) is 4.56. The molecule has 0 spiro atoms. The summed E-state index contributed by atoms with van der Waals surface area (Å²) in [5.41, 5.74) is 3.70. The van der Waals surface area contributed by atoms with Crippen molar-refractivity contribution in [1.82, 2.24) is 0 Å². The van der Waals surface area contributed by atoms with Crippen LogP contribution in [0.3, 0.4) is 0 Å². The lowest BCUT2D eigenvalue weighted by molar-refractivity contribution is 0.845. The van der Waals surface area contributed by atoms with Crippen LogP contribution in [-0.4, -0.2) is 0 Å². The first kappa shape index (κ1) is 12.2. The third-order valence-corrected chi connectivity index (χ3v) is 3.47. The van der Waals surface area contributed by atoms with Gasteiger partial charge >= 0.3 is 0 Å². The highest BCUT2D eigenvalue weighted by Gasteiger charge is 2.15. The zero-order valence-electron chi connectivity index (χ0n) is 10.2. The maximum absolute atomic E-state index is 6.58. The van der Waals surface area contributed by atoms with Gasteiger partial charge in [0.1, 0.15) is 0 Å². The van der Waals surface area contributed by atoms with Gasteiger partial charge in [-0.3, -0.25) is 0 Å². The Kier molecular flexibility index (Phi) is 3.86. The van der Waals surface area contributed by atoms with E-state index in [0.29, 0.717) is 5.92 Å². The first-order chi connectivity index (χ1) is 8.20. The van der Waals surface area contributed by atoms with Crippen molar-refractivity contribution in [2.75, 3.05) is 0 Å². The van der Waals surface area contributed by atoms with Crippen molar-refractivity contribution in [2.24, 2.45) is 0 Å². The Labute approximate surface area is 108 Å². The Morgan fingerprint density at radius 1 is 0.765 bits per heavy atom. The molecule has 0 aliphatic heterocycles. The zero-order valence-corrected chi connectivity index (χ0v) is 11.0. The average molecular weight is 245 g/mol. The highest BCUT2D eigenvalue weighted by Crippen LogP contribution is 2.33. The molecule has 2 rings (SSSR count). The van der Waals surface area contributed by atoms with Crippen LogP contribution in [-0.2, 0) is 0 Å². The van der Waals surface area contributed by atoms with Crippen LogP contribution in [0.5, 0.6) is 0 Å². The van der Waals surface area contributed by atoms with E-state index in [0.717, 1.165) is 5.56 Å². The lowest BCUT2D eigenvalue weighted by atomic mass is 9.93. The predicted octanol–water partition coefficient (Wildman–Crippen LogP) is 5.14. The fraction of sp³-hybridized carbons (Fsp3) is 0.250. The van der Waals surface area contributed by atoms with Crippen LogP contribution in [0.1, 0.15) is 41.8 Å². The largest absolute Gasteiger partial charge is 0.113 e. The minimum Gasteiger partial charge on any atom is -0.113 e. The van der Waals surface area contributed by atoms with Crippen molar-refractivity contribution in [3.63, 3.8) is 0 Å². The summed E-state index contributed by atoms with van der Waals surface area (Å²) in [7, 11) is 0. The maximum Gasteiger partial charge on any atom is 0.0838 e. The monoisotopic (exact) mass is 244 g/mol. The van der Waals surface area contributed by atoms with E-state index in [2.05, 4.69) is 50.2 Å². The van der Waals surface area contributed by atoms with E-state index in [1.165, 1.54) is 11.1 Å². The molecule has 0 aliphatic rings. The summed E-state index contributed by atoms with van der Waals surface area (Å²) in [6.45, 7) is 4.40. The summed E-state index contributed by atoms with van der Waals surface area (Å²) < 4.78 is 0. The number of rotatable bonds is 3. The Hall–Kier alpha value is -1.27. The summed E-state index contributed by atoms with van der Waals surface area (Å²) in [5.74, 6) is 0.496. The summed E-state index contributed by atoms with van der Waals surface area (Å²) >= 11 is 6.58. The molecule has 0 heterocycles. The summed E-state index contributed by atoms with van der Waals surface area (Å²) in [4.78, 5) is 0. The molecule has 0 aliphatic carbocycles. The topological polar surface area (TPSA) is 0 Å². The first-order valence-electron chi connectivity index (χ1n) is 5.98. The molecule has 0 nitrogen and oxygen atoms in total. The standard InChI is InChI=1S/C16H17Cl/c1-12(2)14-10-6-7-11-15(14)16(17)13-8-4-3-5-9-13/h3-12,16H,1-2H3/t16-/m0/s1. The molecule has 1 atom stereocenters. The van der Waals surface area contributed by atoms with E-state index < -0.39 is 0 Å². The van der Waals surface area contributed by atoms with Crippen LogP contribution in [0.4, 0.5) is 0 Å². The van der Waals surface area contributed by atoms with Crippen LogP contribution in [0.25, 0.3) is 0 Å². The molecule has 0 N–H and O–H groups in total. The Bertz CT molecular complexity index is 474. The van der Waals surface area contributed by atoms with Gasteiger partial charge in [0.25, 0.3) is 0 Å². The zero-order chi connectivity index (χ0) is 12.3. The maximum atomic E-state index is 6.58. The molecular weight excluding hydrogens is 228 g/mol. The lowest BCUT2D eigenvalue weighted by Gasteiger charge is -2.17. The Morgan fingerprint density at radius 2 is 1.29 bits per heavy atom. The molecule has 2 aromatic carbocycles. The molecule has 0 saturated heterocycles. The van der Waals surface area contributed by atoms with Crippen LogP contribution >= 0.6 is 11.6 Å². The molecule has 0 aromatic heterocycles. The molecule has 1 heteroatoms. The summed E-state index contributed by atoms with van der Waals surface area (Å²) in [5, 5.41) is -0.0604.